The van der Waals surface area contributed by atoms with Gasteiger partial charge in [0.05, 0.1) is 0 Å². The molecule has 0 aliphatic carbocycles. The van der Waals surface area contributed by atoms with Crippen molar-refractivity contribution in [1.82, 2.24) is 15.5 Å². The Bertz CT molecular complexity index is 737. The maximum absolute atomic E-state index is 11.9. The standard InChI is InChI=1S/C18H23N3O2/c1-12-11-14(18(2,3)4)6-5-13(12)9-10-19-17(23)15-7-8-16(22)21-20-15/h5-8,11H,9-10H2,1-4H3,(H,19,23)(H,21,22). The molecule has 0 atom stereocenters. The number of carbonyl (C=O) groups excluding carboxylic acids is 1. The second-order valence-corrected chi connectivity index (χ2v) is 6.70. The van der Waals surface area contributed by atoms with E-state index < -0.39 is 0 Å². The predicted octanol–water partition coefficient (Wildman–Crippen LogP) is 2.35. The summed E-state index contributed by atoms with van der Waals surface area (Å²) in [5, 5.41) is 8.78. The number of rotatable bonds is 4. The Balaban J connectivity index is 1.95. The fourth-order valence-electron chi connectivity index (χ4n) is 2.32. The van der Waals surface area contributed by atoms with E-state index in [1.807, 2.05) is 0 Å². The highest BCUT2D eigenvalue weighted by Crippen LogP contribution is 2.24. The minimum Gasteiger partial charge on any atom is -0.350 e. The van der Waals surface area contributed by atoms with E-state index in [1.165, 1.54) is 28.8 Å². The number of H-pyrrole nitrogens is 1. The van der Waals surface area contributed by atoms with E-state index in [0.29, 0.717) is 6.54 Å². The van der Waals surface area contributed by atoms with Gasteiger partial charge in [0.15, 0.2) is 0 Å². The Kier molecular flexibility index (Phi) is 4.98. The molecular weight excluding hydrogens is 290 g/mol. The number of aryl methyl sites for hydroxylation is 1. The van der Waals surface area contributed by atoms with Crippen LogP contribution in [-0.4, -0.2) is 22.6 Å². The Morgan fingerprint density at radius 2 is 1.96 bits per heavy atom. The monoisotopic (exact) mass is 313 g/mol. The Labute approximate surface area is 136 Å². The van der Waals surface area contributed by atoms with Gasteiger partial charge in [-0.3, -0.25) is 9.59 Å². The summed E-state index contributed by atoms with van der Waals surface area (Å²) in [5.74, 6) is -0.287. The first kappa shape index (κ1) is 16.9. The molecule has 1 heterocycles. The molecule has 0 unspecified atom stereocenters. The number of aromatic amines is 1. The maximum Gasteiger partial charge on any atom is 0.271 e. The molecule has 5 heteroatoms. The zero-order valence-corrected chi connectivity index (χ0v) is 14.1. The summed E-state index contributed by atoms with van der Waals surface area (Å²) >= 11 is 0. The molecule has 2 rings (SSSR count). The van der Waals surface area contributed by atoms with E-state index in [-0.39, 0.29) is 22.6 Å². The van der Waals surface area contributed by atoms with Crippen molar-refractivity contribution in [2.45, 2.75) is 39.5 Å². The van der Waals surface area contributed by atoms with Crippen molar-refractivity contribution >= 4 is 5.91 Å². The van der Waals surface area contributed by atoms with Gasteiger partial charge in [0, 0.05) is 12.6 Å². The minimum absolute atomic E-state index is 0.132. The number of nitrogens with one attached hydrogen (secondary N) is 2. The van der Waals surface area contributed by atoms with Crippen molar-refractivity contribution in [3.8, 4) is 0 Å². The van der Waals surface area contributed by atoms with Crippen LogP contribution >= 0.6 is 0 Å². The van der Waals surface area contributed by atoms with Gasteiger partial charge in [-0.25, -0.2) is 5.10 Å². The van der Waals surface area contributed by atoms with Gasteiger partial charge < -0.3 is 5.32 Å². The highest BCUT2D eigenvalue weighted by atomic mass is 16.2. The van der Waals surface area contributed by atoms with Crippen molar-refractivity contribution in [3.05, 3.63) is 63.1 Å². The molecular formula is C18H23N3O2. The molecule has 1 amide bonds. The lowest BCUT2D eigenvalue weighted by molar-refractivity contribution is 0.0948. The summed E-state index contributed by atoms with van der Waals surface area (Å²) in [6.07, 6.45) is 0.755. The quantitative estimate of drug-likeness (QED) is 0.910. The van der Waals surface area contributed by atoms with Crippen molar-refractivity contribution in [3.63, 3.8) is 0 Å². The highest BCUT2D eigenvalue weighted by Gasteiger charge is 2.14. The van der Waals surface area contributed by atoms with Crippen LogP contribution in [0.4, 0.5) is 0 Å². The lowest BCUT2D eigenvalue weighted by Gasteiger charge is -2.20. The molecule has 1 aromatic heterocycles. The molecule has 5 nitrogen and oxygen atoms in total. The Morgan fingerprint density at radius 3 is 2.52 bits per heavy atom. The van der Waals surface area contributed by atoms with Crippen LogP contribution in [0, 0.1) is 6.92 Å². The van der Waals surface area contributed by atoms with Crippen LogP contribution in [0.15, 0.2) is 35.1 Å². The lowest BCUT2D eigenvalue weighted by atomic mass is 9.85. The second kappa shape index (κ2) is 6.77. The van der Waals surface area contributed by atoms with Gasteiger partial charge >= 0.3 is 0 Å². The molecule has 2 N–H and O–H groups in total. The van der Waals surface area contributed by atoms with Gasteiger partial charge in [-0.15, -0.1) is 0 Å². The van der Waals surface area contributed by atoms with Crippen molar-refractivity contribution in [2.24, 2.45) is 0 Å². The number of nitrogens with zero attached hydrogens (tertiary/aromatic N) is 1. The van der Waals surface area contributed by atoms with Gasteiger partial charge in [-0.1, -0.05) is 39.0 Å². The normalized spacial score (nSPS) is 11.3. The van der Waals surface area contributed by atoms with Crippen molar-refractivity contribution in [2.75, 3.05) is 6.54 Å². The highest BCUT2D eigenvalue weighted by molar-refractivity contribution is 5.91. The van der Waals surface area contributed by atoms with Gasteiger partial charge in [-0.2, -0.15) is 5.10 Å². The van der Waals surface area contributed by atoms with Crippen LogP contribution in [-0.2, 0) is 11.8 Å². The number of aromatic nitrogens is 2. The van der Waals surface area contributed by atoms with Crippen LogP contribution in [0.1, 0.15) is 48.0 Å². The average molecular weight is 313 g/mol. The minimum atomic E-state index is -0.323. The predicted molar refractivity (Wildman–Crippen MR) is 90.8 cm³/mol. The van der Waals surface area contributed by atoms with E-state index in [9.17, 15) is 9.59 Å². The zero-order chi connectivity index (χ0) is 17.0. The third-order valence-corrected chi connectivity index (χ3v) is 3.80. The van der Waals surface area contributed by atoms with Crippen LogP contribution in [0.5, 0.6) is 0 Å². The summed E-state index contributed by atoms with van der Waals surface area (Å²) in [7, 11) is 0. The second-order valence-electron chi connectivity index (χ2n) is 6.70. The number of benzene rings is 1. The summed E-state index contributed by atoms with van der Waals surface area (Å²) in [6, 6.07) is 9.18. The fourth-order valence-corrected chi connectivity index (χ4v) is 2.32. The van der Waals surface area contributed by atoms with Crippen LogP contribution in [0.25, 0.3) is 0 Å². The lowest BCUT2D eigenvalue weighted by Crippen LogP contribution is -2.27. The van der Waals surface area contributed by atoms with Gasteiger partial charge in [0.25, 0.3) is 11.5 Å². The van der Waals surface area contributed by atoms with Crippen LogP contribution in [0.2, 0.25) is 0 Å². The van der Waals surface area contributed by atoms with Crippen molar-refractivity contribution < 1.29 is 4.79 Å². The summed E-state index contributed by atoms with van der Waals surface area (Å²) in [4.78, 5) is 22.9. The van der Waals surface area contributed by atoms with E-state index in [4.69, 9.17) is 0 Å². The van der Waals surface area contributed by atoms with Crippen LogP contribution in [0.3, 0.4) is 0 Å². The van der Waals surface area contributed by atoms with E-state index in [1.54, 1.807) is 0 Å². The van der Waals surface area contributed by atoms with E-state index in [2.05, 4.69) is 61.4 Å². The van der Waals surface area contributed by atoms with Gasteiger partial charge in [0.1, 0.15) is 5.69 Å². The summed E-state index contributed by atoms with van der Waals surface area (Å²) in [6.45, 7) is 9.20. The first-order chi connectivity index (χ1) is 10.8. The molecule has 0 saturated carbocycles. The molecule has 122 valence electrons. The number of hydrogen-bond acceptors (Lipinski definition) is 3. The molecule has 23 heavy (non-hydrogen) atoms. The summed E-state index contributed by atoms with van der Waals surface area (Å²) in [5.41, 5.74) is 3.77. The molecule has 1 aromatic carbocycles. The maximum atomic E-state index is 11.9. The van der Waals surface area contributed by atoms with E-state index >= 15 is 0 Å². The molecule has 0 saturated heterocycles. The topological polar surface area (TPSA) is 74.8 Å². The van der Waals surface area contributed by atoms with Crippen molar-refractivity contribution in [1.29, 1.82) is 0 Å². The average Bonchev–Trinajstić information content (AvgIpc) is 2.48. The van der Waals surface area contributed by atoms with Gasteiger partial charge in [-0.05, 0) is 41.5 Å². The Hall–Kier alpha value is -2.43. The number of hydrogen-bond donors (Lipinski definition) is 2. The molecule has 0 bridgehead atoms. The van der Waals surface area contributed by atoms with E-state index in [0.717, 1.165) is 6.42 Å². The zero-order valence-electron chi connectivity index (χ0n) is 14.1. The smallest absolute Gasteiger partial charge is 0.271 e. The van der Waals surface area contributed by atoms with Gasteiger partial charge in [0.2, 0.25) is 0 Å². The molecule has 0 radical (unpaired) electrons. The molecule has 0 fully saturated rings. The molecule has 0 spiro atoms. The summed E-state index contributed by atoms with van der Waals surface area (Å²) < 4.78 is 0. The SMILES string of the molecule is Cc1cc(C(C)(C)C)ccc1CCNC(=O)c1ccc(=O)[nH]n1. The molecule has 0 aliphatic rings. The third kappa shape index (κ3) is 4.52. The first-order valence-corrected chi connectivity index (χ1v) is 7.71. The molecule has 0 aliphatic heterocycles. The number of carbonyl (C=O) groups is 1. The fraction of sp³-hybridized carbons (Fsp3) is 0.389. The van der Waals surface area contributed by atoms with Crippen LogP contribution < -0.4 is 10.9 Å². The largest absolute Gasteiger partial charge is 0.350 e. The number of amides is 1. The third-order valence-electron chi connectivity index (χ3n) is 3.80. The Morgan fingerprint density at radius 1 is 1.22 bits per heavy atom. The first-order valence-electron chi connectivity index (χ1n) is 7.71. The molecule has 2 aromatic rings.